The number of Topliss-reactive ketones (excluding diaryl/α,β-unsaturated/α-hetero) is 1. The number of phenolic OH excluding ortho intramolecular Hbond substituents is 1. The Hall–Kier alpha value is -2.20. The summed E-state index contributed by atoms with van der Waals surface area (Å²) in [6.45, 7) is 4.22. The van der Waals surface area contributed by atoms with E-state index in [2.05, 4.69) is 36.8 Å². The fourth-order valence-electron chi connectivity index (χ4n) is 4.27. The van der Waals surface area contributed by atoms with Crippen LogP contribution in [-0.2, 0) is 14.3 Å². The first kappa shape index (κ1) is 23.9. The van der Waals surface area contributed by atoms with E-state index in [0.717, 1.165) is 24.1 Å². The summed E-state index contributed by atoms with van der Waals surface area (Å²) in [5.41, 5.74) is 0.763. The zero-order valence-electron chi connectivity index (χ0n) is 17.8. The smallest absolute Gasteiger partial charge is 0.295 e. The summed E-state index contributed by atoms with van der Waals surface area (Å²) in [5, 5.41) is 21.4. The van der Waals surface area contributed by atoms with E-state index < -0.39 is 23.5 Å². The first-order valence-electron chi connectivity index (χ1n) is 10.7. The quantitative estimate of drug-likeness (QED) is 0.305. The molecule has 2 aromatic carbocycles. The number of aromatic hydroxyl groups is 1. The molecular formula is C24H24Br2N2O5. The van der Waals surface area contributed by atoms with Crippen molar-refractivity contribution in [3.8, 4) is 5.75 Å². The second kappa shape index (κ2) is 10.4. The minimum Gasteiger partial charge on any atom is -0.507 e. The van der Waals surface area contributed by atoms with Crippen molar-refractivity contribution < 1.29 is 24.5 Å². The average molecular weight is 580 g/mol. The van der Waals surface area contributed by atoms with Gasteiger partial charge in [0, 0.05) is 35.1 Å². The third kappa shape index (κ3) is 5.16. The predicted octanol–water partition coefficient (Wildman–Crippen LogP) is 4.06. The topological polar surface area (TPSA) is 90.3 Å². The number of morpholine rings is 1. The molecule has 1 atom stereocenters. The molecule has 1 unspecified atom stereocenters. The van der Waals surface area contributed by atoms with Gasteiger partial charge in [0.05, 0.1) is 30.4 Å². The molecule has 2 aliphatic heterocycles. The zero-order valence-corrected chi connectivity index (χ0v) is 21.0. The largest absolute Gasteiger partial charge is 0.507 e. The number of carbonyl (C=O) groups excluding carboxylic acids is 2. The molecule has 0 spiro atoms. The van der Waals surface area contributed by atoms with E-state index in [4.69, 9.17) is 4.74 Å². The summed E-state index contributed by atoms with van der Waals surface area (Å²) < 4.78 is 6.81. The number of benzene rings is 2. The Kier molecular flexibility index (Phi) is 7.53. The first-order valence-corrected chi connectivity index (χ1v) is 12.3. The van der Waals surface area contributed by atoms with Gasteiger partial charge in [-0.05, 0) is 42.3 Å². The molecule has 2 fully saturated rings. The van der Waals surface area contributed by atoms with Crippen molar-refractivity contribution >= 4 is 49.3 Å². The number of rotatable bonds is 6. The van der Waals surface area contributed by atoms with Gasteiger partial charge in [0.15, 0.2) is 0 Å². The molecule has 2 aromatic rings. The summed E-state index contributed by atoms with van der Waals surface area (Å²) in [4.78, 5) is 30.0. The number of ether oxygens (including phenoxy) is 1. The molecule has 2 heterocycles. The fourth-order valence-corrected chi connectivity index (χ4v) is 5.04. The van der Waals surface area contributed by atoms with E-state index in [1.165, 1.54) is 17.0 Å². The predicted molar refractivity (Wildman–Crippen MR) is 131 cm³/mol. The second-order valence-corrected chi connectivity index (χ2v) is 9.85. The Morgan fingerprint density at radius 3 is 2.48 bits per heavy atom. The Labute approximate surface area is 208 Å². The van der Waals surface area contributed by atoms with Crippen LogP contribution in [-0.4, -0.2) is 71.1 Å². The van der Waals surface area contributed by atoms with Crippen LogP contribution in [0.15, 0.2) is 57.0 Å². The van der Waals surface area contributed by atoms with Crippen molar-refractivity contribution in [3.63, 3.8) is 0 Å². The highest BCUT2D eigenvalue weighted by Crippen LogP contribution is 2.41. The molecule has 7 nitrogen and oxygen atoms in total. The SMILES string of the molecule is O=C1C(=O)N(CCCN2CCOCC2)C(c2cccc(Br)c2)C1=C(O)c1cc(Br)ccc1O. The number of hydrogen-bond acceptors (Lipinski definition) is 6. The molecule has 9 heteroatoms. The maximum Gasteiger partial charge on any atom is 0.295 e. The number of hydrogen-bond donors (Lipinski definition) is 2. The summed E-state index contributed by atoms with van der Waals surface area (Å²) in [6, 6.07) is 11.1. The molecule has 33 heavy (non-hydrogen) atoms. The lowest BCUT2D eigenvalue weighted by molar-refractivity contribution is -0.140. The van der Waals surface area contributed by atoms with Gasteiger partial charge in [-0.15, -0.1) is 0 Å². The highest BCUT2D eigenvalue weighted by atomic mass is 79.9. The lowest BCUT2D eigenvalue weighted by atomic mass is 9.95. The van der Waals surface area contributed by atoms with E-state index >= 15 is 0 Å². The number of nitrogens with zero attached hydrogens (tertiary/aromatic N) is 2. The van der Waals surface area contributed by atoms with E-state index in [1.54, 1.807) is 6.07 Å². The maximum atomic E-state index is 13.1. The highest BCUT2D eigenvalue weighted by Gasteiger charge is 2.46. The second-order valence-electron chi connectivity index (χ2n) is 8.02. The standard InChI is InChI=1S/C24H24Br2N2O5/c25-16-4-1-3-15(13-16)21-20(22(30)18-14-17(26)5-6-19(18)29)23(31)24(32)28(21)8-2-7-27-9-11-33-12-10-27/h1,3-6,13-14,21,29-30H,2,7-12H2. The summed E-state index contributed by atoms with van der Waals surface area (Å²) in [6.07, 6.45) is 0.680. The Balaban J connectivity index is 1.71. The molecule has 174 valence electrons. The molecule has 1 amide bonds. The lowest BCUT2D eigenvalue weighted by Gasteiger charge is -2.29. The third-order valence-electron chi connectivity index (χ3n) is 5.90. The van der Waals surface area contributed by atoms with Gasteiger partial charge in [-0.2, -0.15) is 0 Å². The van der Waals surface area contributed by atoms with Gasteiger partial charge >= 0.3 is 0 Å². The molecular weight excluding hydrogens is 556 g/mol. The number of halogens is 2. The first-order chi connectivity index (χ1) is 15.9. The highest BCUT2D eigenvalue weighted by molar-refractivity contribution is 9.10. The number of phenols is 1. The van der Waals surface area contributed by atoms with E-state index in [-0.39, 0.29) is 16.9 Å². The summed E-state index contributed by atoms with van der Waals surface area (Å²) in [5.74, 6) is -1.99. The Morgan fingerprint density at radius 2 is 1.76 bits per heavy atom. The average Bonchev–Trinajstić information content (AvgIpc) is 3.06. The number of aliphatic hydroxyl groups excluding tert-OH is 1. The van der Waals surface area contributed by atoms with E-state index in [0.29, 0.717) is 36.2 Å². The van der Waals surface area contributed by atoms with E-state index in [1.807, 2.05) is 24.3 Å². The van der Waals surface area contributed by atoms with Crippen LogP contribution in [0.1, 0.15) is 23.6 Å². The van der Waals surface area contributed by atoms with Gasteiger partial charge < -0.3 is 19.8 Å². The molecule has 0 aromatic heterocycles. The van der Waals surface area contributed by atoms with Crippen LogP contribution in [0.25, 0.3) is 5.76 Å². The number of amides is 1. The van der Waals surface area contributed by atoms with Crippen molar-refractivity contribution in [2.75, 3.05) is 39.4 Å². The molecule has 0 aliphatic carbocycles. The minimum absolute atomic E-state index is 0.0297. The van der Waals surface area contributed by atoms with Crippen LogP contribution in [0.3, 0.4) is 0 Å². The van der Waals surface area contributed by atoms with Crippen LogP contribution in [0.5, 0.6) is 5.75 Å². The van der Waals surface area contributed by atoms with Crippen molar-refractivity contribution in [1.82, 2.24) is 9.80 Å². The van der Waals surface area contributed by atoms with Crippen molar-refractivity contribution in [2.24, 2.45) is 0 Å². The molecule has 2 aliphatic rings. The molecule has 0 saturated carbocycles. The number of ketones is 1. The normalized spacial score (nSPS) is 21.0. The van der Waals surface area contributed by atoms with Gasteiger partial charge in [-0.3, -0.25) is 14.5 Å². The molecule has 0 bridgehead atoms. The number of carbonyl (C=O) groups is 2. The maximum absolute atomic E-state index is 13.1. The molecule has 0 radical (unpaired) electrons. The minimum atomic E-state index is -0.761. The van der Waals surface area contributed by atoms with Gasteiger partial charge in [0.2, 0.25) is 0 Å². The molecule has 2 N–H and O–H groups in total. The van der Waals surface area contributed by atoms with Crippen molar-refractivity contribution in [3.05, 3.63) is 68.1 Å². The lowest BCUT2D eigenvalue weighted by Crippen LogP contribution is -2.38. The van der Waals surface area contributed by atoms with Crippen molar-refractivity contribution in [2.45, 2.75) is 12.5 Å². The summed E-state index contributed by atoms with van der Waals surface area (Å²) >= 11 is 6.78. The monoisotopic (exact) mass is 578 g/mol. The Morgan fingerprint density at radius 1 is 1.03 bits per heavy atom. The third-order valence-corrected chi connectivity index (χ3v) is 6.88. The zero-order chi connectivity index (χ0) is 23.5. The van der Waals surface area contributed by atoms with Crippen LogP contribution in [0.4, 0.5) is 0 Å². The van der Waals surface area contributed by atoms with Gasteiger partial charge in [0.1, 0.15) is 11.5 Å². The number of likely N-dealkylation sites (tertiary alicyclic amines) is 1. The fraction of sp³-hybridized carbons (Fsp3) is 0.333. The van der Waals surface area contributed by atoms with Crippen LogP contribution >= 0.6 is 31.9 Å². The van der Waals surface area contributed by atoms with Crippen molar-refractivity contribution in [1.29, 1.82) is 0 Å². The molecule has 4 rings (SSSR count). The van der Waals surface area contributed by atoms with Crippen LogP contribution in [0, 0.1) is 0 Å². The number of aliphatic hydroxyl groups is 1. The van der Waals surface area contributed by atoms with Crippen LogP contribution in [0.2, 0.25) is 0 Å². The van der Waals surface area contributed by atoms with E-state index in [9.17, 15) is 19.8 Å². The Bertz CT molecular complexity index is 1100. The molecule has 2 saturated heterocycles. The van der Waals surface area contributed by atoms with Crippen LogP contribution < -0.4 is 0 Å². The van der Waals surface area contributed by atoms with Gasteiger partial charge in [0.25, 0.3) is 11.7 Å². The van der Waals surface area contributed by atoms with Gasteiger partial charge in [-0.1, -0.05) is 44.0 Å². The summed E-state index contributed by atoms with van der Waals surface area (Å²) in [7, 11) is 0. The van der Waals surface area contributed by atoms with Gasteiger partial charge in [-0.25, -0.2) is 0 Å².